The van der Waals surface area contributed by atoms with Crippen molar-refractivity contribution < 1.29 is 4.79 Å². The normalized spacial score (nSPS) is 28.9. The highest BCUT2D eigenvalue weighted by Crippen LogP contribution is 2.24. The van der Waals surface area contributed by atoms with Gasteiger partial charge in [-0.1, -0.05) is 43.3 Å². The van der Waals surface area contributed by atoms with Gasteiger partial charge in [0.25, 0.3) is 0 Å². The second-order valence-electron chi connectivity index (χ2n) is 4.72. The molecule has 5 heteroatoms. The van der Waals surface area contributed by atoms with Gasteiger partial charge in [0.1, 0.15) is 4.38 Å². The first-order chi connectivity index (χ1) is 8.25. The molecule has 1 aliphatic heterocycles. The average molecular weight is 272 g/mol. The Bertz CT molecular complexity index is 307. The quantitative estimate of drug-likeness (QED) is 0.858. The van der Waals surface area contributed by atoms with Crippen LogP contribution in [-0.2, 0) is 4.79 Å². The summed E-state index contributed by atoms with van der Waals surface area (Å²) in [6.45, 7) is 3.16. The van der Waals surface area contributed by atoms with Crippen molar-refractivity contribution in [1.82, 2.24) is 5.32 Å². The fraction of sp³-hybridized carbons (Fsp3) is 0.833. The molecular weight excluding hydrogens is 252 g/mol. The zero-order chi connectivity index (χ0) is 12.1. The molecule has 1 fully saturated rings. The summed E-state index contributed by atoms with van der Waals surface area (Å²) in [6, 6.07) is 0.398. The van der Waals surface area contributed by atoms with Crippen LogP contribution in [0, 0.1) is 5.92 Å². The van der Waals surface area contributed by atoms with Crippen LogP contribution < -0.4 is 5.32 Å². The van der Waals surface area contributed by atoms with Gasteiger partial charge in [-0.3, -0.25) is 9.79 Å². The molecule has 1 saturated carbocycles. The molecule has 17 heavy (non-hydrogen) atoms. The standard InChI is InChI=1S/C12H20N2OS2/c1-9-4-2-3-5-10(9)14-11(15)8-17-12-13-6-7-16-12/h9-10H,2-8H2,1H3,(H,14,15). The van der Waals surface area contributed by atoms with Gasteiger partial charge in [-0.15, -0.1) is 0 Å². The molecule has 2 rings (SSSR count). The summed E-state index contributed by atoms with van der Waals surface area (Å²) in [4.78, 5) is 16.1. The Morgan fingerprint density at radius 3 is 3.06 bits per heavy atom. The fourth-order valence-electron chi connectivity index (χ4n) is 2.31. The van der Waals surface area contributed by atoms with Crippen LogP contribution in [0.25, 0.3) is 0 Å². The zero-order valence-electron chi connectivity index (χ0n) is 10.3. The van der Waals surface area contributed by atoms with Gasteiger partial charge in [0.05, 0.1) is 12.3 Å². The smallest absolute Gasteiger partial charge is 0.230 e. The Morgan fingerprint density at radius 2 is 2.35 bits per heavy atom. The lowest BCUT2D eigenvalue weighted by atomic mass is 9.86. The summed E-state index contributed by atoms with van der Waals surface area (Å²) >= 11 is 3.35. The maximum absolute atomic E-state index is 11.8. The molecule has 2 atom stereocenters. The number of nitrogens with zero attached hydrogens (tertiary/aromatic N) is 1. The highest BCUT2D eigenvalue weighted by molar-refractivity contribution is 8.39. The molecule has 2 unspecified atom stereocenters. The first-order valence-electron chi connectivity index (χ1n) is 6.35. The van der Waals surface area contributed by atoms with Crippen molar-refractivity contribution in [3.8, 4) is 0 Å². The SMILES string of the molecule is CC1CCCCC1NC(=O)CSC1=NCCS1. The van der Waals surface area contributed by atoms with Crippen LogP contribution in [0.4, 0.5) is 0 Å². The molecule has 0 spiro atoms. The molecule has 2 aliphatic rings. The molecule has 1 aliphatic carbocycles. The van der Waals surface area contributed by atoms with Crippen LogP contribution in [0.1, 0.15) is 32.6 Å². The van der Waals surface area contributed by atoms with Gasteiger partial charge in [-0.25, -0.2) is 0 Å². The number of carbonyl (C=O) groups excluding carboxylic acids is 1. The number of carbonyl (C=O) groups is 1. The molecule has 1 amide bonds. The van der Waals surface area contributed by atoms with Gasteiger partial charge in [0.15, 0.2) is 0 Å². The van der Waals surface area contributed by atoms with E-state index in [-0.39, 0.29) is 5.91 Å². The highest BCUT2D eigenvalue weighted by Gasteiger charge is 2.22. The van der Waals surface area contributed by atoms with E-state index in [1.54, 1.807) is 23.5 Å². The maximum Gasteiger partial charge on any atom is 0.230 e. The lowest BCUT2D eigenvalue weighted by molar-refractivity contribution is -0.119. The van der Waals surface area contributed by atoms with E-state index in [0.29, 0.717) is 17.7 Å². The first kappa shape index (κ1) is 13.3. The van der Waals surface area contributed by atoms with Crippen molar-refractivity contribution in [1.29, 1.82) is 0 Å². The van der Waals surface area contributed by atoms with Crippen molar-refractivity contribution in [2.24, 2.45) is 10.9 Å². The van der Waals surface area contributed by atoms with Crippen molar-refractivity contribution in [2.45, 2.75) is 38.6 Å². The van der Waals surface area contributed by atoms with E-state index in [9.17, 15) is 4.79 Å². The highest BCUT2D eigenvalue weighted by atomic mass is 32.2. The summed E-state index contributed by atoms with van der Waals surface area (Å²) in [5.74, 6) is 2.40. The summed E-state index contributed by atoms with van der Waals surface area (Å²) in [7, 11) is 0. The van der Waals surface area contributed by atoms with Crippen LogP contribution in [0.15, 0.2) is 4.99 Å². The third-order valence-electron chi connectivity index (χ3n) is 3.34. The number of thioether (sulfide) groups is 2. The minimum absolute atomic E-state index is 0.170. The van der Waals surface area contributed by atoms with Gasteiger partial charge >= 0.3 is 0 Å². The molecular formula is C12H20N2OS2. The largest absolute Gasteiger partial charge is 0.352 e. The number of rotatable bonds is 3. The molecule has 1 heterocycles. The Kier molecular flexibility index (Phi) is 5.22. The number of nitrogens with one attached hydrogen (secondary N) is 1. The van der Waals surface area contributed by atoms with Gasteiger partial charge in [-0.2, -0.15) is 0 Å². The summed E-state index contributed by atoms with van der Waals surface area (Å²) < 4.78 is 1.08. The number of hydrogen-bond donors (Lipinski definition) is 1. The van der Waals surface area contributed by atoms with Crippen LogP contribution in [0.3, 0.4) is 0 Å². The van der Waals surface area contributed by atoms with E-state index >= 15 is 0 Å². The summed E-state index contributed by atoms with van der Waals surface area (Å²) in [5, 5.41) is 3.17. The minimum Gasteiger partial charge on any atom is -0.352 e. The van der Waals surface area contributed by atoms with Gasteiger partial charge in [-0.05, 0) is 18.8 Å². The number of amides is 1. The Morgan fingerprint density at radius 1 is 1.53 bits per heavy atom. The molecule has 96 valence electrons. The average Bonchev–Trinajstić information content (AvgIpc) is 2.82. The van der Waals surface area contributed by atoms with Crippen molar-refractivity contribution >= 4 is 33.8 Å². The predicted molar refractivity (Wildman–Crippen MR) is 76.8 cm³/mol. The first-order valence-corrected chi connectivity index (χ1v) is 8.32. The van der Waals surface area contributed by atoms with Gasteiger partial charge in [0.2, 0.25) is 5.91 Å². The van der Waals surface area contributed by atoms with E-state index < -0.39 is 0 Å². The van der Waals surface area contributed by atoms with Crippen LogP contribution in [0.2, 0.25) is 0 Å². The lowest BCUT2D eigenvalue weighted by Crippen LogP contribution is -2.41. The van der Waals surface area contributed by atoms with Crippen LogP contribution in [0.5, 0.6) is 0 Å². The Hall–Kier alpha value is -0.160. The molecule has 3 nitrogen and oxygen atoms in total. The maximum atomic E-state index is 11.8. The second-order valence-corrected chi connectivity index (χ2v) is 7.03. The fourth-order valence-corrected chi connectivity index (χ4v) is 4.13. The lowest BCUT2D eigenvalue weighted by Gasteiger charge is -2.29. The summed E-state index contributed by atoms with van der Waals surface area (Å²) in [6.07, 6.45) is 4.97. The molecule has 0 saturated heterocycles. The topological polar surface area (TPSA) is 41.5 Å². The Labute approximate surface area is 112 Å². The van der Waals surface area contributed by atoms with Crippen molar-refractivity contribution in [2.75, 3.05) is 18.1 Å². The van der Waals surface area contributed by atoms with E-state index in [1.165, 1.54) is 19.3 Å². The molecule has 0 aromatic rings. The summed E-state index contributed by atoms with van der Waals surface area (Å²) in [5.41, 5.74) is 0. The van der Waals surface area contributed by atoms with E-state index in [2.05, 4.69) is 17.2 Å². The van der Waals surface area contributed by atoms with E-state index in [0.717, 1.165) is 23.1 Å². The zero-order valence-corrected chi connectivity index (χ0v) is 11.9. The number of hydrogen-bond acceptors (Lipinski definition) is 4. The molecule has 1 N–H and O–H groups in total. The van der Waals surface area contributed by atoms with E-state index in [4.69, 9.17) is 0 Å². The third kappa shape index (κ3) is 4.21. The number of aliphatic imine (C=N–C) groups is 1. The third-order valence-corrected chi connectivity index (χ3v) is 5.59. The van der Waals surface area contributed by atoms with Crippen molar-refractivity contribution in [3.05, 3.63) is 0 Å². The van der Waals surface area contributed by atoms with E-state index in [1.807, 2.05) is 0 Å². The Balaban J connectivity index is 1.69. The monoisotopic (exact) mass is 272 g/mol. The van der Waals surface area contributed by atoms with Gasteiger partial charge in [0, 0.05) is 11.8 Å². The second kappa shape index (κ2) is 6.69. The van der Waals surface area contributed by atoms with Crippen molar-refractivity contribution in [3.63, 3.8) is 0 Å². The molecule has 0 aromatic carbocycles. The molecule has 0 bridgehead atoms. The minimum atomic E-state index is 0.170. The predicted octanol–water partition coefficient (Wildman–Crippen LogP) is 2.52. The molecule has 0 aromatic heterocycles. The van der Waals surface area contributed by atoms with Crippen LogP contribution >= 0.6 is 23.5 Å². The van der Waals surface area contributed by atoms with Gasteiger partial charge < -0.3 is 5.32 Å². The molecule has 0 radical (unpaired) electrons. The van der Waals surface area contributed by atoms with Crippen LogP contribution in [-0.4, -0.2) is 34.4 Å².